The molecule has 0 N–H and O–H groups in total. The van der Waals surface area contributed by atoms with Gasteiger partial charge >= 0.3 is 0 Å². The molecule has 0 spiro atoms. The maximum absolute atomic E-state index is 12.8. The fourth-order valence-corrected chi connectivity index (χ4v) is 4.76. The second-order valence-corrected chi connectivity index (χ2v) is 8.27. The summed E-state index contributed by atoms with van der Waals surface area (Å²) in [6.45, 7) is 3.20. The third kappa shape index (κ3) is 4.37. The van der Waals surface area contributed by atoms with Gasteiger partial charge in [-0.3, -0.25) is 4.79 Å². The molecule has 2 aromatic rings. The number of hydrogen-bond donors (Lipinski definition) is 0. The van der Waals surface area contributed by atoms with E-state index in [1.54, 1.807) is 0 Å². The Morgan fingerprint density at radius 2 is 1.68 bits per heavy atom. The lowest BCUT2D eigenvalue weighted by molar-refractivity contribution is -0.131. The molecule has 28 heavy (non-hydrogen) atoms. The van der Waals surface area contributed by atoms with E-state index in [1.165, 1.54) is 24.8 Å². The minimum Gasteiger partial charge on any atom is -0.338 e. The molecule has 0 aliphatic carbocycles. The van der Waals surface area contributed by atoms with E-state index in [0.29, 0.717) is 5.91 Å². The Bertz CT molecular complexity index is 803. The van der Waals surface area contributed by atoms with Crippen molar-refractivity contribution in [1.29, 1.82) is 0 Å². The molecule has 2 atom stereocenters. The van der Waals surface area contributed by atoms with Gasteiger partial charge < -0.3 is 9.80 Å². The van der Waals surface area contributed by atoms with E-state index in [4.69, 9.17) is 11.6 Å². The van der Waals surface area contributed by atoms with Crippen LogP contribution in [0.2, 0.25) is 5.02 Å². The third-order valence-corrected chi connectivity index (χ3v) is 6.41. The van der Waals surface area contributed by atoms with Crippen LogP contribution in [0.15, 0.2) is 48.5 Å². The molecule has 0 saturated carbocycles. The van der Waals surface area contributed by atoms with Gasteiger partial charge in [-0.25, -0.2) is 0 Å². The number of rotatable bonds is 4. The van der Waals surface area contributed by atoms with Crippen LogP contribution in [0.5, 0.6) is 0 Å². The van der Waals surface area contributed by atoms with Crippen LogP contribution >= 0.6 is 24.0 Å². The largest absolute Gasteiger partial charge is 0.338 e. The summed E-state index contributed by atoms with van der Waals surface area (Å²) in [4.78, 5) is 17.2. The van der Waals surface area contributed by atoms with Crippen LogP contribution in [-0.2, 0) is 4.79 Å². The smallest absolute Gasteiger partial charge is 0.227 e. The van der Waals surface area contributed by atoms with Crippen LogP contribution in [0.3, 0.4) is 0 Å². The van der Waals surface area contributed by atoms with Gasteiger partial charge in [0.05, 0.1) is 12.0 Å². The quantitative estimate of drug-likeness (QED) is 0.660. The molecule has 2 saturated heterocycles. The van der Waals surface area contributed by atoms with Crippen molar-refractivity contribution in [3.63, 3.8) is 0 Å². The molecule has 0 aromatic heterocycles. The number of benzene rings is 2. The molecule has 3 nitrogen and oxygen atoms in total. The van der Waals surface area contributed by atoms with Gasteiger partial charge in [0.15, 0.2) is 0 Å². The van der Waals surface area contributed by atoms with Crippen LogP contribution in [0, 0.1) is 5.92 Å². The van der Waals surface area contributed by atoms with Crippen LogP contribution in [-0.4, -0.2) is 42.4 Å². The topological polar surface area (TPSA) is 23.6 Å². The molecule has 2 fully saturated rings. The third-order valence-electron chi connectivity index (χ3n) is 6.08. The number of carbonyl (C=O) groups excluding carboxylic acids is 1. The summed E-state index contributed by atoms with van der Waals surface area (Å²) >= 11 is 6.32. The Hall–Kier alpha value is -1.55. The number of piperidine rings is 1. The fourth-order valence-electron chi connectivity index (χ4n) is 4.52. The van der Waals surface area contributed by atoms with Gasteiger partial charge in [0.2, 0.25) is 5.91 Å². The highest BCUT2D eigenvalue weighted by atomic mass is 35.5. The van der Waals surface area contributed by atoms with Crippen LogP contribution in [0.25, 0.3) is 11.1 Å². The summed E-state index contributed by atoms with van der Waals surface area (Å²) < 4.78 is 0. The van der Waals surface area contributed by atoms with Crippen LogP contribution in [0.1, 0.15) is 37.3 Å². The van der Waals surface area contributed by atoms with E-state index < -0.39 is 0 Å². The van der Waals surface area contributed by atoms with E-state index in [-0.39, 0.29) is 24.4 Å². The van der Waals surface area contributed by atoms with Gasteiger partial charge in [0.25, 0.3) is 0 Å². The minimum atomic E-state index is 0. The lowest BCUT2D eigenvalue weighted by atomic mass is 9.96. The Morgan fingerprint density at radius 1 is 1.00 bits per heavy atom. The predicted octanol–water partition coefficient (Wildman–Crippen LogP) is 5.43. The highest BCUT2D eigenvalue weighted by Gasteiger charge is 2.38. The molecule has 2 aliphatic heterocycles. The van der Waals surface area contributed by atoms with Crippen molar-refractivity contribution in [3.05, 3.63) is 59.1 Å². The summed E-state index contributed by atoms with van der Waals surface area (Å²) in [6, 6.07) is 16.6. The second kappa shape index (κ2) is 9.30. The first-order valence-corrected chi connectivity index (χ1v) is 10.3. The second-order valence-electron chi connectivity index (χ2n) is 7.86. The fraction of sp³-hybridized carbons (Fsp3) is 0.435. The molecule has 0 bridgehead atoms. The van der Waals surface area contributed by atoms with E-state index >= 15 is 0 Å². The van der Waals surface area contributed by atoms with Crippen molar-refractivity contribution in [2.75, 3.05) is 26.7 Å². The molecule has 2 aliphatic rings. The van der Waals surface area contributed by atoms with Crippen LogP contribution < -0.4 is 0 Å². The Kier molecular flexibility index (Phi) is 7.03. The van der Waals surface area contributed by atoms with Crippen molar-refractivity contribution < 1.29 is 4.79 Å². The molecule has 5 heteroatoms. The van der Waals surface area contributed by atoms with Crippen molar-refractivity contribution in [2.24, 2.45) is 5.92 Å². The summed E-state index contributed by atoms with van der Waals surface area (Å²) in [5, 5.41) is 0.764. The van der Waals surface area contributed by atoms with Gasteiger partial charge in [0.1, 0.15) is 0 Å². The van der Waals surface area contributed by atoms with Gasteiger partial charge in [-0.05, 0) is 49.5 Å². The van der Waals surface area contributed by atoms with E-state index in [9.17, 15) is 4.79 Å². The highest BCUT2D eigenvalue weighted by Crippen LogP contribution is 2.37. The number of amides is 1. The van der Waals surface area contributed by atoms with Crippen molar-refractivity contribution in [1.82, 2.24) is 9.80 Å². The number of carbonyl (C=O) groups is 1. The average molecular weight is 419 g/mol. The van der Waals surface area contributed by atoms with Gasteiger partial charge in [-0.2, -0.15) is 0 Å². The zero-order valence-corrected chi connectivity index (χ0v) is 17.9. The zero-order chi connectivity index (χ0) is 18.8. The lowest BCUT2D eigenvalue weighted by Crippen LogP contribution is -2.36. The van der Waals surface area contributed by atoms with Gasteiger partial charge in [0, 0.05) is 24.2 Å². The summed E-state index contributed by atoms with van der Waals surface area (Å²) in [6.07, 6.45) is 4.78. The van der Waals surface area contributed by atoms with Gasteiger partial charge in [-0.15, -0.1) is 12.4 Å². The summed E-state index contributed by atoms with van der Waals surface area (Å²) in [5.74, 6) is 0.419. The van der Waals surface area contributed by atoms with Crippen molar-refractivity contribution in [2.45, 2.75) is 31.7 Å². The first-order chi connectivity index (χ1) is 13.1. The first-order valence-electron chi connectivity index (χ1n) is 9.97. The number of likely N-dealkylation sites (tertiary alicyclic amines) is 2. The maximum Gasteiger partial charge on any atom is 0.227 e. The molecule has 1 amide bonds. The Labute approximate surface area is 179 Å². The van der Waals surface area contributed by atoms with Crippen LogP contribution in [0.4, 0.5) is 0 Å². The first kappa shape index (κ1) is 21.2. The molecule has 0 radical (unpaired) electrons. The Balaban J connectivity index is 0.00000225. The Morgan fingerprint density at radius 3 is 2.36 bits per heavy atom. The standard InChI is InChI=1S/C23H27ClN2O.ClH/c1-25-22(15-19(23(25)27)16-26-13-5-2-6-14-26)18-11-9-17(10-12-18)20-7-3-4-8-21(20)24;/h3-4,7-12,19,22H,2,5-6,13-16H2,1H3;1H/t19-,22+;/m1./s1. The SMILES string of the molecule is CN1C(=O)[C@@H](CN2CCCCC2)C[C@H]1c1ccc(-c2ccccc2Cl)cc1.Cl. The monoisotopic (exact) mass is 418 g/mol. The normalized spacial score (nSPS) is 22.9. The van der Waals surface area contributed by atoms with Gasteiger partial charge in [-0.1, -0.05) is 60.5 Å². The number of halogens is 2. The molecule has 4 rings (SSSR count). The minimum absolute atomic E-state index is 0. The van der Waals surface area contributed by atoms with Crippen molar-refractivity contribution >= 4 is 29.9 Å². The molecular formula is C23H28Cl2N2O. The van der Waals surface area contributed by atoms with E-state index in [2.05, 4.69) is 29.2 Å². The van der Waals surface area contributed by atoms with E-state index in [1.807, 2.05) is 36.2 Å². The molecule has 150 valence electrons. The maximum atomic E-state index is 12.8. The zero-order valence-electron chi connectivity index (χ0n) is 16.3. The predicted molar refractivity (Wildman–Crippen MR) is 118 cm³/mol. The molecule has 2 aromatic carbocycles. The average Bonchev–Trinajstić information content (AvgIpc) is 2.98. The number of hydrogen-bond acceptors (Lipinski definition) is 2. The summed E-state index contributed by atoms with van der Waals surface area (Å²) in [5.41, 5.74) is 3.37. The summed E-state index contributed by atoms with van der Waals surface area (Å²) in [7, 11) is 1.95. The molecule has 0 unspecified atom stereocenters. The van der Waals surface area contributed by atoms with Crippen molar-refractivity contribution in [3.8, 4) is 11.1 Å². The molecule has 2 heterocycles. The highest BCUT2D eigenvalue weighted by molar-refractivity contribution is 6.33. The number of nitrogens with zero attached hydrogens (tertiary/aromatic N) is 2. The van der Waals surface area contributed by atoms with E-state index in [0.717, 1.165) is 42.2 Å². The molecular weight excluding hydrogens is 391 g/mol. The lowest BCUT2D eigenvalue weighted by Gasteiger charge is -2.28.